The first-order chi connectivity index (χ1) is 7.93. The maximum absolute atomic E-state index is 4.25. The topological polar surface area (TPSA) is 37.0 Å². The molecular weight excluding hydrogens is 218 g/mol. The molecule has 1 aliphatic rings. The van der Waals surface area contributed by atoms with Gasteiger partial charge in [0, 0.05) is 23.8 Å². The third-order valence-corrected chi connectivity index (χ3v) is 3.50. The second-order valence-corrected chi connectivity index (χ2v) is 4.73. The van der Waals surface area contributed by atoms with Gasteiger partial charge in [-0.2, -0.15) is 0 Å². The molecule has 0 atom stereocenters. The van der Waals surface area contributed by atoms with Gasteiger partial charge in [-0.1, -0.05) is 12.1 Å². The molecule has 0 amide bonds. The number of anilines is 2. The lowest BCUT2D eigenvalue weighted by Crippen LogP contribution is -2.24. The molecule has 2 heterocycles. The Morgan fingerprint density at radius 3 is 3.25 bits per heavy atom. The van der Waals surface area contributed by atoms with Crippen molar-refractivity contribution in [3.8, 4) is 0 Å². The van der Waals surface area contributed by atoms with Crippen molar-refractivity contribution in [3.63, 3.8) is 0 Å². The van der Waals surface area contributed by atoms with Crippen LogP contribution in [0.5, 0.6) is 0 Å². The van der Waals surface area contributed by atoms with Crippen molar-refractivity contribution in [2.75, 3.05) is 11.9 Å². The smallest absolute Gasteiger partial charge is 0.187 e. The van der Waals surface area contributed by atoms with Crippen LogP contribution in [0.15, 0.2) is 29.8 Å². The number of aromatic nitrogens is 1. The van der Waals surface area contributed by atoms with Gasteiger partial charge in [-0.05, 0) is 30.2 Å². The molecule has 1 aliphatic heterocycles. The van der Waals surface area contributed by atoms with Crippen molar-refractivity contribution in [3.05, 3.63) is 40.9 Å². The number of rotatable bonds is 2. The zero-order valence-electron chi connectivity index (χ0n) is 8.86. The summed E-state index contributed by atoms with van der Waals surface area (Å²) in [5, 5.41) is 9.73. The Balaban J connectivity index is 1.94. The van der Waals surface area contributed by atoms with Gasteiger partial charge in [-0.3, -0.25) is 0 Å². The van der Waals surface area contributed by atoms with Crippen molar-refractivity contribution in [2.45, 2.75) is 13.0 Å². The lowest BCUT2D eigenvalue weighted by Gasteiger charge is -2.20. The SMILES string of the molecule is c1cc2c(c(Nc3nccs3)c1)CCNC2. The average Bonchev–Trinajstić information content (AvgIpc) is 2.82. The molecule has 2 aromatic rings. The number of hydrogen-bond acceptors (Lipinski definition) is 4. The summed E-state index contributed by atoms with van der Waals surface area (Å²) in [4.78, 5) is 4.25. The molecule has 0 radical (unpaired) electrons. The second-order valence-electron chi connectivity index (χ2n) is 3.83. The summed E-state index contributed by atoms with van der Waals surface area (Å²) in [6.07, 6.45) is 2.91. The summed E-state index contributed by atoms with van der Waals surface area (Å²) < 4.78 is 0. The van der Waals surface area contributed by atoms with E-state index in [2.05, 4.69) is 33.8 Å². The van der Waals surface area contributed by atoms with Crippen molar-refractivity contribution < 1.29 is 0 Å². The maximum atomic E-state index is 4.25. The lowest BCUT2D eigenvalue weighted by molar-refractivity contribution is 0.645. The molecule has 0 spiro atoms. The zero-order valence-corrected chi connectivity index (χ0v) is 9.68. The van der Waals surface area contributed by atoms with Crippen molar-refractivity contribution in [1.29, 1.82) is 0 Å². The molecule has 82 valence electrons. The van der Waals surface area contributed by atoms with Crippen LogP contribution < -0.4 is 10.6 Å². The molecule has 0 bridgehead atoms. The van der Waals surface area contributed by atoms with Crippen LogP contribution in [0.2, 0.25) is 0 Å². The summed E-state index contributed by atoms with van der Waals surface area (Å²) in [6.45, 7) is 2.03. The van der Waals surface area contributed by atoms with E-state index in [1.54, 1.807) is 11.3 Å². The van der Waals surface area contributed by atoms with Crippen LogP contribution in [0.3, 0.4) is 0 Å². The summed E-state index contributed by atoms with van der Waals surface area (Å²) in [5.41, 5.74) is 4.03. The van der Waals surface area contributed by atoms with E-state index in [1.807, 2.05) is 11.6 Å². The summed E-state index contributed by atoms with van der Waals surface area (Å²) >= 11 is 1.63. The van der Waals surface area contributed by atoms with Gasteiger partial charge < -0.3 is 10.6 Å². The van der Waals surface area contributed by atoms with Crippen LogP contribution in [-0.4, -0.2) is 11.5 Å². The number of fused-ring (bicyclic) bond motifs is 1. The highest BCUT2D eigenvalue weighted by atomic mass is 32.1. The standard InChI is InChI=1S/C12H13N3S/c1-2-9-8-13-5-4-10(9)11(3-1)15-12-14-6-7-16-12/h1-3,6-7,13H,4-5,8H2,(H,14,15). The van der Waals surface area contributed by atoms with E-state index < -0.39 is 0 Å². The van der Waals surface area contributed by atoms with Gasteiger partial charge in [0.2, 0.25) is 0 Å². The minimum atomic E-state index is 0.965. The summed E-state index contributed by atoms with van der Waals surface area (Å²) in [7, 11) is 0. The predicted octanol–water partition coefficient (Wildman–Crippen LogP) is 2.53. The molecule has 3 rings (SSSR count). The quantitative estimate of drug-likeness (QED) is 0.834. The third-order valence-electron chi connectivity index (χ3n) is 2.81. The Kier molecular flexibility index (Phi) is 2.60. The molecule has 4 heteroatoms. The van der Waals surface area contributed by atoms with Crippen LogP contribution in [0, 0.1) is 0 Å². The molecule has 1 aromatic carbocycles. The molecule has 0 fully saturated rings. The molecule has 16 heavy (non-hydrogen) atoms. The maximum Gasteiger partial charge on any atom is 0.187 e. The zero-order chi connectivity index (χ0) is 10.8. The normalized spacial score (nSPS) is 14.5. The van der Waals surface area contributed by atoms with E-state index in [0.29, 0.717) is 0 Å². The largest absolute Gasteiger partial charge is 0.331 e. The summed E-state index contributed by atoms with van der Waals surface area (Å²) in [6, 6.07) is 6.42. The Morgan fingerprint density at radius 2 is 2.38 bits per heavy atom. The van der Waals surface area contributed by atoms with Crippen LogP contribution in [-0.2, 0) is 13.0 Å². The Labute approximate surface area is 98.5 Å². The first kappa shape index (κ1) is 9.81. The highest BCUT2D eigenvalue weighted by molar-refractivity contribution is 7.13. The molecule has 0 unspecified atom stereocenters. The number of hydrogen-bond donors (Lipinski definition) is 2. The van der Waals surface area contributed by atoms with Gasteiger partial charge in [-0.15, -0.1) is 11.3 Å². The van der Waals surface area contributed by atoms with Gasteiger partial charge in [0.05, 0.1) is 0 Å². The molecule has 2 N–H and O–H groups in total. The molecule has 1 aromatic heterocycles. The highest BCUT2D eigenvalue weighted by Gasteiger charge is 2.12. The number of nitrogens with one attached hydrogen (secondary N) is 2. The van der Waals surface area contributed by atoms with E-state index >= 15 is 0 Å². The van der Waals surface area contributed by atoms with E-state index in [0.717, 1.165) is 24.6 Å². The monoisotopic (exact) mass is 231 g/mol. The van der Waals surface area contributed by atoms with Crippen molar-refractivity contribution in [2.24, 2.45) is 0 Å². The fourth-order valence-electron chi connectivity index (χ4n) is 2.05. The number of benzene rings is 1. The predicted molar refractivity (Wildman–Crippen MR) is 67.2 cm³/mol. The van der Waals surface area contributed by atoms with E-state index in [-0.39, 0.29) is 0 Å². The van der Waals surface area contributed by atoms with Gasteiger partial charge in [0.1, 0.15) is 0 Å². The van der Waals surface area contributed by atoms with E-state index in [4.69, 9.17) is 0 Å². The van der Waals surface area contributed by atoms with Crippen LogP contribution >= 0.6 is 11.3 Å². The third kappa shape index (κ3) is 1.81. The minimum absolute atomic E-state index is 0.965. The Hall–Kier alpha value is -1.39. The Bertz CT molecular complexity index is 479. The number of thiazole rings is 1. The van der Waals surface area contributed by atoms with Crippen LogP contribution in [0.4, 0.5) is 10.8 Å². The molecule has 0 aliphatic carbocycles. The number of nitrogens with zero attached hydrogens (tertiary/aromatic N) is 1. The van der Waals surface area contributed by atoms with Gasteiger partial charge in [0.15, 0.2) is 5.13 Å². The van der Waals surface area contributed by atoms with Gasteiger partial charge in [-0.25, -0.2) is 4.98 Å². The second kappa shape index (κ2) is 4.23. The average molecular weight is 231 g/mol. The van der Waals surface area contributed by atoms with Gasteiger partial charge in [0.25, 0.3) is 0 Å². The minimum Gasteiger partial charge on any atom is -0.331 e. The molecular formula is C12H13N3S. The van der Waals surface area contributed by atoms with Gasteiger partial charge >= 0.3 is 0 Å². The van der Waals surface area contributed by atoms with Crippen molar-refractivity contribution >= 4 is 22.2 Å². The summed E-state index contributed by atoms with van der Waals surface area (Å²) in [5.74, 6) is 0. The van der Waals surface area contributed by atoms with Crippen molar-refractivity contribution in [1.82, 2.24) is 10.3 Å². The van der Waals surface area contributed by atoms with E-state index in [9.17, 15) is 0 Å². The Morgan fingerprint density at radius 1 is 1.38 bits per heavy atom. The first-order valence-corrected chi connectivity index (χ1v) is 6.29. The molecule has 0 saturated heterocycles. The highest BCUT2D eigenvalue weighted by Crippen LogP contribution is 2.26. The molecule has 3 nitrogen and oxygen atoms in total. The van der Waals surface area contributed by atoms with Crippen LogP contribution in [0.1, 0.15) is 11.1 Å². The lowest BCUT2D eigenvalue weighted by atomic mass is 9.99. The first-order valence-electron chi connectivity index (χ1n) is 5.41. The molecule has 0 saturated carbocycles. The fourth-order valence-corrected chi connectivity index (χ4v) is 2.59. The fraction of sp³-hybridized carbons (Fsp3) is 0.250. The van der Waals surface area contributed by atoms with E-state index in [1.165, 1.54) is 16.8 Å². The van der Waals surface area contributed by atoms with Crippen LogP contribution in [0.25, 0.3) is 0 Å².